The summed E-state index contributed by atoms with van der Waals surface area (Å²) in [7, 11) is 0. The molecule has 22 heavy (non-hydrogen) atoms. The van der Waals surface area contributed by atoms with Gasteiger partial charge in [-0.2, -0.15) is 0 Å². The van der Waals surface area contributed by atoms with Crippen LogP contribution in [0.3, 0.4) is 0 Å². The van der Waals surface area contributed by atoms with Gasteiger partial charge in [-0.3, -0.25) is 4.57 Å². The van der Waals surface area contributed by atoms with Gasteiger partial charge in [-0.15, -0.1) is 0 Å². The average molecular weight is 315 g/mol. The molecule has 0 amide bonds. The van der Waals surface area contributed by atoms with E-state index in [1.54, 1.807) is 29.8 Å². The van der Waals surface area contributed by atoms with Crippen molar-refractivity contribution < 1.29 is 9.53 Å². The summed E-state index contributed by atoms with van der Waals surface area (Å²) in [6, 6.07) is 11.1. The number of ether oxygens (including phenoxy) is 1. The van der Waals surface area contributed by atoms with Crippen molar-refractivity contribution in [2.24, 2.45) is 0 Å². The van der Waals surface area contributed by atoms with Gasteiger partial charge < -0.3 is 4.74 Å². The number of aromatic nitrogens is 2. The van der Waals surface area contributed by atoms with Crippen LogP contribution in [0, 0.1) is 6.92 Å². The molecule has 2 aromatic heterocycles. The van der Waals surface area contributed by atoms with Crippen molar-refractivity contribution in [3.63, 3.8) is 0 Å². The number of halogens is 1. The zero-order chi connectivity index (χ0) is 15.7. The number of nitrogens with zero attached hydrogens (tertiary/aromatic N) is 2. The van der Waals surface area contributed by atoms with Crippen LogP contribution < -0.4 is 0 Å². The van der Waals surface area contributed by atoms with Crippen LogP contribution in [-0.2, 0) is 4.74 Å². The first-order chi connectivity index (χ1) is 10.6. The van der Waals surface area contributed by atoms with Gasteiger partial charge in [0.1, 0.15) is 11.5 Å². The number of esters is 1. The van der Waals surface area contributed by atoms with Gasteiger partial charge in [0, 0.05) is 16.6 Å². The molecule has 1 aromatic carbocycles. The quantitative estimate of drug-likeness (QED) is 0.682. The van der Waals surface area contributed by atoms with Gasteiger partial charge in [-0.1, -0.05) is 11.6 Å². The number of aryl methyl sites for hydroxylation is 1. The first-order valence-electron chi connectivity index (χ1n) is 7.01. The lowest BCUT2D eigenvalue weighted by Crippen LogP contribution is -2.11. The summed E-state index contributed by atoms with van der Waals surface area (Å²) < 4.78 is 6.96. The van der Waals surface area contributed by atoms with Crippen molar-refractivity contribution >= 4 is 28.5 Å². The molecular weight excluding hydrogens is 300 g/mol. The molecule has 3 rings (SSSR count). The molecule has 0 bridgehead atoms. The third-order valence-corrected chi connectivity index (χ3v) is 3.61. The van der Waals surface area contributed by atoms with Crippen molar-refractivity contribution in [3.8, 4) is 5.82 Å². The van der Waals surface area contributed by atoms with Crippen LogP contribution in [-0.4, -0.2) is 22.1 Å². The number of benzene rings is 1. The van der Waals surface area contributed by atoms with Crippen LogP contribution in [0.15, 0.2) is 42.6 Å². The van der Waals surface area contributed by atoms with Crippen LogP contribution in [0.1, 0.15) is 23.0 Å². The Bertz CT molecular complexity index is 855. The Morgan fingerprint density at radius 1 is 1.27 bits per heavy atom. The number of carbonyl (C=O) groups is 1. The summed E-state index contributed by atoms with van der Waals surface area (Å²) >= 11 is 6.05. The van der Waals surface area contributed by atoms with E-state index in [2.05, 4.69) is 4.98 Å². The Kier molecular flexibility index (Phi) is 3.86. The summed E-state index contributed by atoms with van der Waals surface area (Å²) in [6.45, 7) is 4.09. The van der Waals surface area contributed by atoms with Gasteiger partial charge in [-0.25, -0.2) is 9.78 Å². The summed E-state index contributed by atoms with van der Waals surface area (Å²) in [4.78, 5) is 16.7. The highest BCUT2D eigenvalue weighted by atomic mass is 35.5. The minimum absolute atomic E-state index is 0.322. The molecular formula is C17H15ClN2O2. The third-order valence-electron chi connectivity index (χ3n) is 3.38. The van der Waals surface area contributed by atoms with E-state index in [-0.39, 0.29) is 5.97 Å². The molecule has 0 saturated carbocycles. The van der Waals surface area contributed by atoms with Gasteiger partial charge in [0.05, 0.1) is 12.1 Å². The van der Waals surface area contributed by atoms with Gasteiger partial charge >= 0.3 is 5.97 Å². The minimum atomic E-state index is -0.377. The summed E-state index contributed by atoms with van der Waals surface area (Å²) in [5.74, 6) is 0.304. The molecule has 0 unspecified atom stereocenters. The van der Waals surface area contributed by atoms with E-state index in [1.165, 1.54) is 0 Å². The van der Waals surface area contributed by atoms with Crippen LogP contribution >= 0.6 is 11.6 Å². The fourth-order valence-corrected chi connectivity index (χ4v) is 2.61. The van der Waals surface area contributed by atoms with Crippen molar-refractivity contribution in [3.05, 3.63) is 58.9 Å². The predicted octanol–water partition coefficient (Wildman–Crippen LogP) is 4.16. The predicted molar refractivity (Wildman–Crippen MR) is 86.8 cm³/mol. The third kappa shape index (κ3) is 2.57. The zero-order valence-electron chi connectivity index (χ0n) is 12.3. The molecule has 0 aliphatic heterocycles. The van der Waals surface area contributed by atoms with Gasteiger partial charge in [0.25, 0.3) is 0 Å². The Labute approximate surface area is 133 Å². The highest BCUT2D eigenvalue weighted by Gasteiger charge is 2.18. The normalized spacial score (nSPS) is 10.9. The second-order valence-electron chi connectivity index (χ2n) is 4.98. The van der Waals surface area contributed by atoms with E-state index in [4.69, 9.17) is 16.3 Å². The van der Waals surface area contributed by atoms with E-state index < -0.39 is 0 Å². The van der Waals surface area contributed by atoms with Gasteiger partial charge in [0.2, 0.25) is 0 Å². The lowest BCUT2D eigenvalue weighted by molar-refractivity contribution is 0.0517. The van der Waals surface area contributed by atoms with E-state index in [0.717, 1.165) is 16.5 Å². The molecule has 2 heterocycles. The van der Waals surface area contributed by atoms with E-state index in [0.29, 0.717) is 23.1 Å². The fourth-order valence-electron chi connectivity index (χ4n) is 2.43. The average Bonchev–Trinajstić information content (AvgIpc) is 2.86. The van der Waals surface area contributed by atoms with E-state index >= 15 is 0 Å². The highest BCUT2D eigenvalue weighted by Crippen LogP contribution is 2.27. The molecule has 0 saturated heterocycles. The monoisotopic (exact) mass is 314 g/mol. The molecule has 112 valence electrons. The SMILES string of the molecule is CCOC(=O)c1cc2cc(Cl)ccc2n1-c1cc(C)ccn1. The Morgan fingerprint density at radius 2 is 2.09 bits per heavy atom. The molecule has 5 heteroatoms. The lowest BCUT2D eigenvalue weighted by atomic mass is 10.2. The van der Waals surface area contributed by atoms with Crippen LogP contribution in [0.25, 0.3) is 16.7 Å². The Hall–Kier alpha value is -2.33. The van der Waals surface area contributed by atoms with Crippen LogP contribution in [0.2, 0.25) is 5.02 Å². The summed E-state index contributed by atoms with van der Waals surface area (Å²) in [6.07, 6.45) is 1.72. The van der Waals surface area contributed by atoms with E-state index in [9.17, 15) is 4.79 Å². The molecule has 4 nitrogen and oxygen atoms in total. The zero-order valence-corrected chi connectivity index (χ0v) is 13.1. The Balaban J connectivity index is 2.29. The van der Waals surface area contributed by atoms with Crippen molar-refractivity contribution in [1.82, 2.24) is 9.55 Å². The maximum atomic E-state index is 12.3. The maximum Gasteiger partial charge on any atom is 0.355 e. The van der Waals surface area contributed by atoms with E-state index in [1.807, 2.05) is 31.2 Å². The maximum absolute atomic E-state index is 12.3. The van der Waals surface area contributed by atoms with Gasteiger partial charge in [-0.05, 0) is 55.8 Å². The first kappa shape index (κ1) is 14.6. The van der Waals surface area contributed by atoms with Gasteiger partial charge in [0.15, 0.2) is 0 Å². The lowest BCUT2D eigenvalue weighted by Gasteiger charge is -2.10. The second kappa shape index (κ2) is 5.81. The molecule has 0 N–H and O–H groups in total. The largest absolute Gasteiger partial charge is 0.461 e. The van der Waals surface area contributed by atoms with Crippen LogP contribution in [0.4, 0.5) is 0 Å². The smallest absolute Gasteiger partial charge is 0.355 e. The molecule has 0 spiro atoms. The number of fused-ring (bicyclic) bond motifs is 1. The number of carbonyl (C=O) groups excluding carboxylic acids is 1. The molecule has 0 aliphatic rings. The second-order valence-corrected chi connectivity index (χ2v) is 5.42. The fraction of sp³-hybridized carbons (Fsp3) is 0.176. The molecule has 0 radical (unpaired) electrons. The summed E-state index contributed by atoms with van der Waals surface area (Å²) in [5.41, 5.74) is 2.37. The molecule has 3 aromatic rings. The number of hydrogen-bond donors (Lipinski definition) is 0. The number of pyridine rings is 1. The van der Waals surface area contributed by atoms with Crippen molar-refractivity contribution in [2.75, 3.05) is 6.61 Å². The minimum Gasteiger partial charge on any atom is -0.461 e. The number of hydrogen-bond acceptors (Lipinski definition) is 3. The summed E-state index contributed by atoms with van der Waals surface area (Å²) in [5, 5.41) is 1.50. The Morgan fingerprint density at radius 3 is 2.82 bits per heavy atom. The van der Waals surface area contributed by atoms with Crippen molar-refractivity contribution in [2.45, 2.75) is 13.8 Å². The van der Waals surface area contributed by atoms with Crippen molar-refractivity contribution in [1.29, 1.82) is 0 Å². The molecule has 0 fully saturated rings. The molecule has 0 atom stereocenters. The van der Waals surface area contributed by atoms with Crippen LogP contribution in [0.5, 0.6) is 0 Å². The highest BCUT2D eigenvalue weighted by molar-refractivity contribution is 6.31. The molecule has 0 aliphatic carbocycles. The first-order valence-corrected chi connectivity index (χ1v) is 7.39. The topological polar surface area (TPSA) is 44.1 Å². The standard InChI is InChI=1S/C17H15ClN2O2/c1-3-22-17(21)15-10-12-9-13(18)4-5-14(12)20(15)16-8-11(2)6-7-19-16/h4-10H,3H2,1-2H3. The number of rotatable bonds is 3.